The number of fused-ring (bicyclic) bond motifs is 1. The minimum Gasteiger partial charge on any atom is -0.383 e. The van der Waals surface area contributed by atoms with Gasteiger partial charge >= 0.3 is 0 Å². The summed E-state index contributed by atoms with van der Waals surface area (Å²) in [5, 5.41) is 12.6. The molecule has 4 N–H and O–H groups in total. The molecule has 2 aliphatic rings. The van der Waals surface area contributed by atoms with Crippen LogP contribution in [0.4, 0.5) is 11.4 Å². The molecule has 166 valence electrons. The van der Waals surface area contributed by atoms with Crippen LogP contribution in [0.2, 0.25) is 0 Å². The molecule has 1 unspecified atom stereocenters. The van der Waals surface area contributed by atoms with Crippen LogP contribution in [0.15, 0.2) is 18.2 Å². The number of nitrogens with one attached hydrogen (secondary N) is 4. The summed E-state index contributed by atoms with van der Waals surface area (Å²) < 4.78 is -1.75. The van der Waals surface area contributed by atoms with E-state index in [1.807, 2.05) is 12.1 Å². The SMILES string of the molecule is O=C(CCC1CCCCC1)NC(NC(=S)Nc1cccc2c1NCCC2)C(Cl)(Cl)Cl. The average molecular weight is 492 g/mol. The van der Waals surface area contributed by atoms with Crippen LogP contribution in [0.1, 0.15) is 56.9 Å². The number of aryl methyl sites for hydroxylation is 1. The Morgan fingerprint density at radius 2 is 1.93 bits per heavy atom. The molecular weight excluding hydrogens is 463 g/mol. The Bertz CT molecular complexity index is 750. The van der Waals surface area contributed by atoms with Crippen molar-refractivity contribution in [2.45, 2.75) is 67.7 Å². The molecule has 1 amide bonds. The predicted molar refractivity (Wildman–Crippen MR) is 131 cm³/mol. The topological polar surface area (TPSA) is 65.2 Å². The van der Waals surface area contributed by atoms with E-state index < -0.39 is 9.96 Å². The van der Waals surface area contributed by atoms with Crippen LogP contribution in [0, 0.1) is 5.92 Å². The van der Waals surface area contributed by atoms with Crippen molar-refractivity contribution < 1.29 is 4.79 Å². The molecule has 1 heterocycles. The van der Waals surface area contributed by atoms with E-state index in [-0.39, 0.29) is 11.0 Å². The van der Waals surface area contributed by atoms with Gasteiger partial charge in [0, 0.05) is 13.0 Å². The smallest absolute Gasteiger partial charge is 0.228 e. The molecule has 1 aliphatic carbocycles. The molecule has 9 heteroatoms. The van der Waals surface area contributed by atoms with Crippen LogP contribution in [-0.2, 0) is 11.2 Å². The van der Waals surface area contributed by atoms with Gasteiger partial charge < -0.3 is 21.3 Å². The monoisotopic (exact) mass is 490 g/mol. The summed E-state index contributed by atoms with van der Waals surface area (Å²) in [7, 11) is 0. The van der Waals surface area contributed by atoms with Crippen molar-refractivity contribution in [3.63, 3.8) is 0 Å². The molecule has 1 fully saturated rings. The van der Waals surface area contributed by atoms with Crippen molar-refractivity contribution in [3.05, 3.63) is 23.8 Å². The molecule has 1 aliphatic heterocycles. The fraction of sp³-hybridized carbons (Fsp3) is 0.619. The fourth-order valence-corrected chi connectivity index (χ4v) is 4.70. The summed E-state index contributed by atoms with van der Waals surface area (Å²) in [5.41, 5.74) is 3.13. The quantitative estimate of drug-likeness (QED) is 0.240. The molecule has 0 spiro atoms. The third-order valence-corrected chi connectivity index (χ3v) is 6.61. The largest absolute Gasteiger partial charge is 0.383 e. The van der Waals surface area contributed by atoms with Gasteiger partial charge in [0.2, 0.25) is 9.70 Å². The maximum absolute atomic E-state index is 12.5. The highest BCUT2D eigenvalue weighted by molar-refractivity contribution is 7.80. The Kier molecular flexibility index (Phi) is 8.75. The van der Waals surface area contributed by atoms with Gasteiger partial charge in [-0.05, 0) is 49.0 Å². The highest BCUT2D eigenvalue weighted by Crippen LogP contribution is 2.32. The first-order valence-corrected chi connectivity index (χ1v) is 12.2. The highest BCUT2D eigenvalue weighted by atomic mass is 35.6. The van der Waals surface area contributed by atoms with Crippen LogP contribution in [0.3, 0.4) is 0 Å². The second-order valence-corrected chi connectivity index (χ2v) is 10.8. The van der Waals surface area contributed by atoms with Gasteiger partial charge in [0.25, 0.3) is 0 Å². The minimum atomic E-state index is -1.75. The number of thiocarbonyl (C=S) groups is 1. The number of alkyl halides is 3. The maximum Gasteiger partial charge on any atom is 0.228 e. The summed E-state index contributed by atoms with van der Waals surface area (Å²) in [6.07, 6.45) is 8.66. The first-order chi connectivity index (χ1) is 14.3. The van der Waals surface area contributed by atoms with Crippen LogP contribution in [-0.4, -0.2) is 27.5 Å². The first-order valence-electron chi connectivity index (χ1n) is 10.6. The van der Waals surface area contributed by atoms with Crippen molar-refractivity contribution in [1.82, 2.24) is 10.6 Å². The molecule has 30 heavy (non-hydrogen) atoms. The zero-order chi connectivity index (χ0) is 21.6. The summed E-state index contributed by atoms with van der Waals surface area (Å²) in [6, 6.07) is 6.02. The van der Waals surface area contributed by atoms with E-state index in [1.54, 1.807) is 0 Å². The zero-order valence-electron chi connectivity index (χ0n) is 16.9. The first kappa shape index (κ1) is 23.7. The Balaban J connectivity index is 1.55. The lowest BCUT2D eigenvalue weighted by Gasteiger charge is -2.29. The lowest BCUT2D eigenvalue weighted by Crippen LogP contribution is -2.56. The molecule has 0 radical (unpaired) electrons. The lowest BCUT2D eigenvalue weighted by molar-refractivity contribution is -0.122. The average Bonchev–Trinajstić information content (AvgIpc) is 2.72. The van der Waals surface area contributed by atoms with Gasteiger partial charge in [-0.25, -0.2) is 0 Å². The third-order valence-electron chi connectivity index (χ3n) is 5.74. The number of anilines is 2. The van der Waals surface area contributed by atoms with E-state index in [2.05, 4.69) is 27.3 Å². The van der Waals surface area contributed by atoms with Crippen LogP contribution < -0.4 is 21.3 Å². The Morgan fingerprint density at radius 3 is 2.67 bits per heavy atom. The number of carbonyl (C=O) groups is 1. The van der Waals surface area contributed by atoms with Gasteiger partial charge in [-0.1, -0.05) is 79.0 Å². The van der Waals surface area contributed by atoms with E-state index in [0.717, 1.165) is 37.2 Å². The van der Waals surface area contributed by atoms with Crippen LogP contribution in [0.5, 0.6) is 0 Å². The lowest BCUT2D eigenvalue weighted by atomic mass is 9.86. The fourth-order valence-electron chi connectivity index (χ4n) is 4.15. The molecule has 1 saturated carbocycles. The normalized spacial score (nSPS) is 18.0. The van der Waals surface area contributed by atoms with Gasteiger partial charge in [0.05, 0.1) is 11.4 Å². The molecule has 1 atom stereocenters. The van der Waals surface area contributed by atoms with Crippen molar-refractivity contribution >= 4 is 69.4 Å². The number of amides is 1. The second kappa shape index (κ2) is 11.1. The summed E-state index contributed by atoms with van der Waals surface area (Å²) >= 11 is 23.8. The number of carbonyl (C=O) groups excluding carboxylic acids is 1. The van der Waals surface area contributed by atoms with Crippen LogP contribution in [0.25, 0.3) is 0 Å². The van der Waals surface area contributed by atoms with Gasteiger partial charge in [0.1, 0.15) is 6.17 Å². The zero-order valence-corrected chi connectivity index (χ0v) is 20.0. The molecule has 1 aromatic carbocycles. The van der Waals surface area contributed by atoms with Gasteiger partial charge in [-0.15, -0.1) is 0 Å². The van der Waals surface area contributed by atoms with E-state index >= 15 is 0 Å². The van der Waals surface area contributed by atoms with Crippen molar-refractivity contribution in [3.8, 4) is 0 Å². The number of benzene rings is 1. The summed E-state index contributed by atoms with van der Waals surface area (Å²) in [4.78, 5) is 12.5. The minimum absolute atomic E-state index is 0.147. The van der Waals surface area contributed by atoms with Crippen molar-refractivity contribution in [1.29, 1.82) is 0 Å². The van der Waals surface area contributed by atoms with Gasteiger partial charge in [-0.3, -0.25) is 4.79 Å². The third kappa shape index (κ3) is 7.04. The number of hydrogen-bond acceptors (Lipinski definition) is 3. The Hall–Kier alpha value is -0.950. The molecular formula is C21H29Cl3N4OS. The number of halogens is 3. The molecule has 0 bridgehead atoms. The molecule has 5 nitrogen and oxygen atoms in total. The summed E-state index contributed by atoms with van der Waals surface area (Å²) in [6.45, 7) is 0.916. The number of para-hydroxylation sites is 1. The maximum atomic E-state index is 12.5. The predicted octanol–water partition coefficient (Wildman–Crippen LogP) is 5.50. The van der Waals surface area contributed by atoms with Gasteiger partial charge in [0.15, 0.2) is 5.11 Å². The van der Waals surface area contributed by atoms with E-state index in [4.69, 9.17) is 47.0 Å². The Morgan fingerprint density at radius 1 is 1.17 bits per heavy atom. The highest BCUT2D eigenvalue weighted by Gasteiger charge is 2.34. The van der Waals surface area contributed by atoms with Crippen LogP contribution >= 0.6 is 47.0 Å². The summed E-state index contributed by atoms with van der Waals surface area (Å²) in [5.74, 6) is 0.467. The standard InChI is InChI=1S/C21H29Cl3N4OS/c22-21(23,24)19(27-17(29)12-11-14-6-2-1-3-7-14)28-20(30)26-16-10-4-8-15-9-5-13-25-18(15)16/h4,8,10,14,19,25H,1-3,5-7,9,11-13H2,(H,27,29)(H2,26,28,30). The molecule has 3 rings (SSSR count). The van der Waals surface area contributed by atoms with Crippen molar-refractivity contribution in [2.24, 2.45) is 5.92 Å². The molecule has 0 saturated heterocycles. The van der Waals surface area contributed by atoms with E-state index in [9.17, 15) is 4.79 Å². The van der Waals surface area contributed by atoms with Crippen molar-refractivity contribution in [2.75, 3.05) is 17.2 Å². The number of rotatable bonds is 6. The van der Waals surface area contributed by atoms with E-state index in [0.29, 0.717) is 12.3 Å². The Labute approximate surface area is 199 Å². The number of hydrogen-bond donors (Lipinski definition) is 4. The molecule has 1 aromatic rings. The second-order valence-electron chi connectivity index (χ2n) is 8.05. The molecule has 0 aromatic heterocycles. The van der Waals surface area contributed by atoms with Gasteiger partial charge in [-0.2, -0.15) is 0 Å². The van der Waals surface area contributed by atoms with E-state index in [1.165, 1.54) is 37.7 Å².